The maximum absolute atomic E-state index is 4.34. The van der Waals surface area contributed by atoms with Crippen molar-refractivity contribution in [3.8, 4) is 0 Å². The molecular weight excluding hydrogens is 282 g/mol. The van der Waals surface area contributed by atoms with Gasteiger partial charge in [0.25, 0.3) is 0 Å². The van der Waals surface area contributed by atoms with Crippen molar-refractivity contribution in [3.63, 3.8) is 0 Å². The Hall–Kier alpha value is 0.110. The lowest BCUT2D eigenvalue weighted by Crippen LogP contribution is -2.01. The van der Waals surface area contributed by atoms with E-state index in [1.54, 1.807) is 0 Å². The minimum Gasteiger partial charge on any atom is -0.260 e. The summed E-state index contributed by atoms with van der Waals surface area (Å²) < 4.78 is 1.05. The number of halogens is 2. The van der Waals surface area contributed by atoms with Gasteiger partial charge in [-0.1, -0.05) is 22.9 Å². The van der Waals surface area contributed by atoms with Crippen molar-refractivity contribution in [1.29, 1.82) is 0 Å². The van der Waals surface area contributed by atoms with Crippen molar-refractivity contribution in [2.75, 3.05) is 0 Å². The van der Waals surface area contributed by atoms with Crippen molar-refractivity contribution in [2.24, 2.45) is 0 Å². The van der Waals surface area contributed by atoms with Crippen LogP contribution in [0.1, 0.15) is 18.2 Å². The van der Waals surface area contributed by atoms with Gasteiger partial charge in [-0.15, -0.1) is 0 Å². The summed E-state index contributed by atoms with van der Waals surface area (Å²) >= 11 is 6.90. The molecule has 1 aromatic rings. The summed E-state index contributed by atoms with van der Waals surface area (Å²) in [6.45, 7) is 4.21. The molecule has 0 N–H and O–H groups in total. The second-order valence-electron chi connectivity index (χ2n) is 2.90. The average molecular weight is 293 g/mol. The van der Waals surface area contributed by atoms with E-state index in [0.717, 1.165) is 10.9 Å². The number of aryl methyl sites for hydroxylation is 1. The Balaban J connectivity index is 2.86. The molecule has 1 heterocycles. The topological polar surface area (TPSA) is 12.9 Å². The molecule has 1 atom stereocenters. The second kappa shape index (κ2) is 4.38. The maximum atomic E-state index is 4.34. The third-order valence-electron chi connectivity index (χ3n) is 1.63. The summed E-state index contributed by atoms with van der Waals surface area (Å²) in [4.78, 5) is 4.83. The maximum Gasteiger partial charge on any atom is 0.0444 e. The lowest BCUT2D eigenvalue weighted by molar-refractivity contribution is 0.899. The Morgan fingerprint density at radius 2 is 2.25 bits per heavy atom. The third kappa shape index (κ3) is 2.87. The van der Waals surface area contributed by atoms with E-state index in [1.165, 1.54) is 11.3 Å². The molecule has 0 aliphatic heterocycles. The van der Waals surface area contributed by atoms with E-state index in [1.807, 2.05) is 6.20 Å². The van der Waals surface area contributed by atoms with Gasteiger partial charge < -0.3 is 0 Å². The number of alkyl halides is 1. The molecule has 0 spiro atoms. The molecule has 1 rings (SSSR count). The van der Waals surface area contributed by atoms with Gasteiger partial charge in [0.15, 0.2) is 0 Å². The summed E-state index contributed by atoms with van der Waals surface area (Å²) in [5, 5.41) is 0. The molecule has 0 amide bonds. The fourth-order valence-corrected chi connectivity index (χ4v) is 1.80. The van der Waals surface area contributed by atoms with Crippen LogP contribution < -0.4 is 0 Å². The Morgan fingerprint density at radius 3 is 2.75 bits per heavy atom. The first-order chi connectivity index (χ1) is 5.59. The number of pyridine rings is 1. The molecule has 0 saturated heterocycles. The first kappa shape index (κ1) is 10.2. The Bertz CT molecular complexity index is 271. The molecule has 0 fully saturated rings. The van der Waals surface area contributed by atoms with E-state index >= 15 is 0 Å². The van der Waals surface area contributed by atoms with Crippen LogP contribution in [0, 0.1) is 6.92 Å². The molecular formula is C9H11Br2N. The number of hydrogen-bond donors (Lipinski definition) is 0. The van der Waals surface area contributed by atoms with Crippen LogP contribution in [-0.2, 0) is 6.42 Å². The van der Waals surface area contributed by atoms with Crippen molar-refractivity contribution in [2.45, 2.75) is 25.1 Å². The fraction of sp³-hybridized carbons (Fsp3) is 0.444. The SMILES string of the molecule is Cc1cc(Br)cnc1CC(C)Br. The summed E-state index contributed by atoms with van der Waals surface area (Å²) in [6.07, 6.45) is 2.83. The summed E-state index contributed by atoms with van der Waals surface area (Å²) in [5.74, 6) is 0. The number of rotatable bonds is 2. The van der Waals surface area contributed by atoms with Crippen LogP contribution in [0.2, 0.25) is 0 Å². The molecule has 12 heavy (non-hydrogen) atoms. The van der Waals surface area contributed by atoms with Crippen molar-refractivity contribution in [1.82, 2.24) is 4.98 Å². The van der Waals surface area contributed by atoms with E-state index in [0.29, 0.717) is 4.83 Å². The van der Waals surface area contributed by atoms with Gasteiger partial charge in [-0.3, -0.25) is 4.98 Å². The van der Waals surface area contributed by atoms with Gasteiger partial charge in [-0.2, -0.15) is 0 Å². The molecule has 0 aromatic carbocycles. The molecule has 0 saturated carbocycles. The average Bonchev–Trinajstić information content (AvgIpc) is 1.94. The molecule has 0 aliphatic rings. The molecule has 66 valence electrons. The predicted octanol–water partition coefficient (Wildman–Crippen LogP) is 3.48. The zero-order valence-electron chi connectivity index (χ0n) is 7.14. The molecule has 1 nitrogen and oxygen atoms in total. The summed E-state index contributed by atoms with van der Waals surface area (Å²) in [6, 6.07) is 2.09. The van der Waals surface area contributed by atoms with Crippen LogP contribution >= 0.6 is 31.9 Å². The van der Waals surface area contributed by atoms with Crippen LogP contribution in [0.15, 0.2) is 16.7 Å². The highest BCUT2D eigenvalue weighted by Crippen LogP contribution is 2.15. The standard InChI is InChI=1S/C9H11Br2N/c1-6-3-8(11)5-12-9(6)4-7(2)10/h3,5,7H,4H2,1-2H3. The van der Waals surface area contributed by atoms with Crippen molar-refractivity contribution in [3.05, 3.63) is 28.0 Å². The van der Waals surface area contributed by atoms with Crippen LogP contribution in [0.5, 0.6) is 0 Å². The summed E-state index contributed by atoms with van der Waals surface area (Å²) in [7, 11) is 0. The largest absolute Gasteiger partial charge is 0.260 e. The van der Waals surface area contributed by atoms with Gasteiger partial charge >= 0.3 is 0 Å². The Labute approximate surface area is 89.8 Å². The molecule has 0 radical (unpaired) electrons. The lowest BCUT2D eigenvalue weighted by atomic mass is 10.1. The minimum atomic E-state index is 0.491. The molecule has 0 bridgehead atoms. The molecule has 3 heteroatoms. The van der Waals surface area contributed by atoms with Crippen LogP contribution in [0.25, 0.3) is 0 Å². The van der Waals surface area contributed by atoms with Gasteiger partial charge in [-0.25, -0.2) is 0 Å². The van der Waals surface area contributed by atoms with Gasteiger partial charge in [-0.05, 0) is 34.5 Å². The van der Waals surface area contributed by atoms with Crippen LogP contribution in [-0.4, -0.2) is 9.81 Å². The zero-order valence-corrected chi connectivity index (χ0v) is 10.3. The summed E-state index contributed by atoms with van der Waals surface area (Å²) in [5.41, 5.74) is 2.42. The first-order valence-corrected chi connectivity index (χ1v) is 5.55. The molecule has 1 aromatic heterocycles. The molecule has 0 aliphatic carbocycles. The Morgan fingerprint density at radius 1 is 1.58 bits per heavy atom. The van der Waals surface area contributed by atoms with Crippen LogP contribution in [0.4, 0.5) is 0 Å². The predicted molar refractivity (Wildman–Crippen MR) is 58.8 cm³/mol. The van der Waals surface area contributed by atoms with Gasteiger partial charge in [0.2, 0.25) is 0 Å². The minimum absolute atomic E-state index is 0.491. The van der Waals surface area contributed by atoms with E-state index in [9.17, 15) is 0 Å². The van der Waals surface area contributed by atoms with E-state index in [4.69, 9.17) is 0 Å². The van der Waals surface area contributed by atoms with Gasteiger partial charge in [0.1, 0.15) is 0 Å². The fourth-order valence-electron chi connectivity index (χ4n) is 1.05. The van der Waals surface area contributed by atoms with Crippen molar-refractivity contribution < 1.29 is 0 Å². The van der Waals surface area contributed by atoms with E-state index in [-0.39, 0.29) is 0 Å². The van der Waals surface area contributed by atoms with E-state index in [2.05, 4.69) is 56.8 Å². The van der Waals surface area contributed by atoms with Crippen molar-refractivity contribution >= 4 is 31.9 Å². The number of aromatic nitrogens is 1. The quantitative estimate of drug-likeness (QED) is 0.761. The van der Waals surface area contributed by atoms with E-state index < -0.39 is 0 Å². The molecule has 1 unspecified atom stereocenters. The lowest BCUT2D eigenvalue weighted by Gasteiger charge is -2.06. The Kier molecular flexibility index (Phi) is 3.72. The number of hydrogen-bond acceptors (Lipinski definition) is 1. The zero-order chi connectivity index (χ0) is 9.14. The normalized spacial score (nSPS) is 13.0. The van der Waals surface area contributed by atoms with Crippen LogP contribution in [0.3, 0.4) is 0 Å². The first-order valence-electron chi connectivity index (χ1n) is 3.84. The second-order valence-corrected chi connectivity index (χ2v) is 5.38. The smallest absolute Gasteiger partial charge is 0.0444 e. The highest BCUT2D eigenvalue weighted by atomic mass is 79.9. The van der Waals surface area contributed by atoms with Gasteiger partial charge in [0.05, 0.1) is 0 Å². The monoisotopic (exact) mass is 291 g/mol. The van der Waals surface area contributed by atoms with Gasteiger partial charge in [0, 0.05) is 27.6 Å². The highest BCUT2D eigenvalue weighted by Gasteiger charge is 2.03. The third-order valence-corrected chi connectivity index (χ3v) is 2.39. The highest BCUT2D eigenvalue weighted by molar-refractivity contribution is 9.10. The number of nitrogens with zero attached hydrogens (tertiary/aromatic N) is 1.